The van der Waals surface area contributed by atoms with Crippen molar-refractivity contribution in [3.63, 3.8) is 0 Å². The third kappa shape index (κ3) is 4.99. The number of nitrogens with two attached hydrogens (primary N) is 2. The normalized spacial score (nSPS) is 17.6. The summed E-state index contributed by atoms with van der Waals surface area (Å²) in [5.74, 6) is 0.544. The number of carbonyl (C=O) groups is 1. The molecule has 2 heterocycles. The van der Waals surface area contributed by atoms with Gasteiger partial charge in [0.05, 0.1) is 5.69 Å². The molecule has 166 valence electrons. The number of aromatic nitrogens is 2. The Morgan fingerprint density at radius 2 is 1.61 bits per heavy atom. The van der Waals surface area contributed by atoms with Crippen LogP contribution >= 0.6 is 0 Å². The Balaban J connectivity index is 1.31. The van der Waals surface area contributed by atoms with Crippen LogP contribution in [0, 0.1) is 6.92 Å². The number of amides is 1. The molecule has 0 spiro atoms. The van der Waals surface area contributed by atoms with Crippen molar-refractivity contribution in [2.24, 2.45) is 0 Å². The summed E-state index contributed by atoms with van der Waals surface area (Å²) in [5, 5.41) is 0. The van der Waals surface area contributed by atoms with E-state index in [-0.39, 0.29) is 11.9 Å². The van der Waals surface area contributed by atoms with Crippen molar-refractivity contribution in [1.82, 2.24) is 20.8 Å². The lowest BCUT2D eigenvalue weighted by molar-refractivity contribution is 0.0920. The second-order valence-electron chi connectivity index (χ2n) is 8.36. The second kappa shape index (κ2) is 9.38. The minimum Gasteiger partial charge on any atom is -0.382 e. The van der Waals surface area contributed by atoms with E-state index in [2.05, 4.69) is 30.6 Å². The summed E-state index contributed by atoms with van der Waals surface area (Å²) < 4.78 is 0. The molecule has 1 aromatic carbocycles. The molecule has 0 bridgehead atoms. The second-order valence-corrected chi connectivity index (χ2v) is 8.36. The number of hydrogen-bond acceptors (Lipinski definition) is 8. The number of aryl methyl sites for hydroxylation is 1. The number of nitrogens with zero attached hydrogens (tertiary/aromatic N) is 4. The molecule has 31 heavy (non-hydrogen) atoms. The number of nitrogen functional groups attached to an aromatic ring is 2. The Bertz CT molecular complexity index is 879. The van der Waals surface area contributed by atoms with Gasteiger partial charge in [0.2, 0.25) is 5.95 Å². The molecule has 4 rings (SSSR count). The zero-order chi connectivity index (χ0) is 21.8. The molecule has 1 aromatic heterocycles. The van der Waals surface area contributed by atoms with Gasteiger partial charge in [-0.25, -0.2) is 10.4 Å². The molecule has 2 fully saturated rings. The number of benzene rings is 1. The van der Waals surface area contributed by atoms with E-state index in [1.165, 1.54) is 19.3 Å². The fourth-order valence-electron chi connectivity index (χ4n) is 4.50. The van der Waals surface area contributed by atoms with Gasteiger partial charge in [0.15, 0.2) is 5.82 Å². The van der Waals surface area contributed by atoms with Crippen LogP contribution in [0.3, 0.4) is 0 Å². The van der Waals surface area contributed by atoms with Gasteiger partial charge in [0.1, 0.15) is 5.69 Å². The highest BCUT2D eigenvalue weighted by molar-refractivity contribution is 5.94. The van der Waals surface area contributed by atoms with E-state index in [0.29, 0.717) is 17.4 Å². The van der Waals surface area contributed by atoms with Crippen molar-refractivity contribution < 1.29 is 4.79 Å². The van der Waals surface area contributed by atoms with Gasteiger partial charge in [-0.3, -0.25) is 10.2 Å². The summed E-state index contributed by atoms with van der Waals surface area (Å²) in [7, 11) is 0. The van der Waals surface area contributed by atoms with Gasteiger partial charge in [-0.15, -0.1) is 0 Å². The lowest BCUT2D eigenvalue weighted by Crippen LogP contribution is -2.47. The van der Waals surface area contributed by atoms with Crippen molar-refractivity contribution in [3.8, 4) is 0 Å². The van der Waals surface area contributed by atoms with Gasteiger partial charge in [0, 0.05) is 43.5 Å². The molecule has 0 atom stereocenters. The highest BCUT2D eigenvalue weighted by atomic mass is 16.2. The van der Waals surface area contributed by atoms with Crippen LogP contribution in [0.25, 0.3) is 0 Å². The Hall–Kier alpha value is -3.07. The first kappa shape index (κ1) is 21.2. The SMILES string of the molecule is Cc1nc(N)nc(N)c1N1CCN(c2ccc(C(=O)NNC3CCCCC3)cc2)CC1. The largest absolute Gasteiger partial charge is 0.382 e. The van der Waals surface area contributed by atoms with E-state index in [1.807, 2.05) is 31.2 Å². The third-order valence-electron chi connectivity index (χ3n) is 6.19. The number of piperazine rings is 1. The summed E-state index contributed by atoms with van der Waals surface area (Å²) in [6.45, 7) is 5.22. The first-order valence-corrected chi connectivity index (χ1v) is 11.1. The molecular formula is C22H32N8O. The van der Waals surface area contributed by atoms with Crippen LogP contribution in [0.15, 0.2) is 24.3 Å². The fourth-order valence-corrected chi connectivity index (χ4v) is 4.50. The average Bonchev–Trinajstić information content (AvgIpc) is 2.78. The maximum atomic E-state index is 12.4. The number of nitrogens with one attached hydrogen (secondary N) is 2. The molecule has 9 nitrogen and oxygen atoms in total. The van der Waals surface area contributed by atoms with Gasteiger partial charge in [0.25, 0.3) is 5.91 Å². The van der Waals surface area contributed by atoms with Crippen LogP contribution in [0.1, 0.15) is 48.2 Å². The summed E-state index contributed by atoms with van der Waals surface area (Å²) in [5.41, 5.74) is 21.3. The van der Waals surface area contributed by atoms with E-state index in [0.717, 1.165) is 56.1 Å². The molecule has 6 N–H and O–H groups in total. The number of anilines is 4. The molecular weight excluding hydrogens is 392 g/mol. The quantitative estimate of drug-likeness (QED) is 0.536. The maximum absolute atomic E-state index is 12.4. The summed E-state index contributed by atoms with van der Waals surface area (Å²) >= 11 is 0. The Labute approximate surface area is 183 Å². The Kier molecular flexibility index (Phi) is 6.41. The molecule has 9 heteroatoms. The number of carbonyl (C=O) groups excluding carboxylic acids is 1. The van der Waals surface area contributed by atoms with Gasteiger partial charge < -0.3 is 21.3 Å². The van der Waals surface area contributed by atoms with E-state index in [4.69, 9.17) is 11.5 Å². The van der Waals surface area contributed by atoms with E-state index in [9.17, 15) is 4.79 Å². The molecule has 1 saturated carbocycles. The lowest BCUT2D eigenvalue weighted by Gasteiger charge is -2.38. The molecule has 2 aromatic rings. The van der Waals surface area contributed by atoms with Gasteiger partial charge >= 0.3 is 0 Å². The Morgan fingerprint density at radius 3 is 2.26 bits per heavy atom. The molecule has 2 aliphatic rings. The number of hydrazine groups is 1. The summed E-state index contributed by atoms with van der Waals surface area (Å²) in [4.78, 5) is 25.3. The molecule has 1 aliphatic carbocycles. The van der Waals surface area contributed by atoms with Crippen molar-refractivity contribution in [2.45, 2.75) is 45.1 Å². The predicted molar refractivity (Wildman–Crippen MR) is 124 cm³/mol. The predicted octanol–water partition coefficient (Wildman–Crippen LogP) is 1.84. The van der Waals surface area contributed by atoms with Crippen molar-refractivity contribution >= 4 is 29.0 Å². The third-order valence-corrected chi connectivity index (χ3v) is 6.19. The number of hydrogen-bond donors (Lipinski definition) is 4. The monoisotopic (exact) mass is 424 g/mol. The first-order chi connectivity index (χ1) is 15.0. The molecule has 1 aliphatic heterocycles. The Morgan fingerprint density at radius 1 is 0.968 bits per heavy atom. The average molecular weight is 425 g/mol. The van der Waals surface area contributed by atoms with Crippen LogP contribution in [0.4, 0.5) is 23.1 Å². The van der Waals surface area contributed by atoms with Gasteiger partial charge in [-0.2, -0.15) is 4.98 Å². The minimum absolute atomic E-state index is 0.0868. The lowest BCUT2D eigenvalue weighted by atomic mass is 9.96. The van der Waals surface area contributed by atoms with Crippen molar-refractivity contribution in [1.29, 1.82) is 0 Å². The van der Waals surface area contributed by atoms with E-state index in [1.54, 1.807) is 0 Å². The zero-order valence-electron chi connectivity index (χ0n) is 18.1. The van der Waals surface area contributed by atoms with Crippen molar-refractivity contribution in [2.75, 3.05) is 47.4 Å². The molecule has 0 radical (unpaired) electrons. The van der Waals surface area contributed by atoms with Crippen LogP contribution in [0.2, 0.25) is 0 Å². The van der Waals surface area contributed by atoms with Gasteiger partial charge in [-0.05, 0) is 44.0 Å². The molecule has 1 amide bonds. The van der Waals surface area contributed by atoms with Gasteiger partial charge in [-0.1, -0.05) is 19.3 Å². The first-order valence-electron chi connectivity index (χ1n) is 11.1. The van der Waals surface area contributed by atoms with Crippen molar-refractivity contribution in [3.05, 3.63) is 35.5 Å². The maximum Gasteiger partial charge on any atom is 0.265 e. The van der Waals surface area contributed by atoms with Crippen LogP contribution in [-0.4, -0.2) is 48.1 Å². The molecule has 0 unspecified atom stereocenters. The highest BCUT2D eigenvalue weighted by Gasteiger charge is 2.22. The smallest absolute Gasteiger partial charge is 0.265 e. The zero-order valence-corrected chi connectivity index (χ0v) is 18.1. The van der Waals surface area contributed by atoms with E-state index < -0.39 is 0 Å². The number of rotatable bonds is 5. The summed E-state index contributed by atoms with van der Waals surface area (Å²) in [6.07, 6.45) is 6.00. The standard InChI is InChI=1S/C22H32N8O/c1-15-19(20(23)26-22(24)25-15)30-13-11-29(12-14-30)18-9-7-16(8-10-18)21(31)28-27-17-5-3-2-4-6-17/h7-10,17,27H,2-6,11-14H2,1H3,(H,28,31)(H4,23,24,25,26). The fraction of sp³-hybridized carbons (Fsp3) is 0.500. The van der Waals surface area contributed by atoms with Crippen LogP contribution in [0.5, 0.6) is 0 Å². The van der Waals surface area contributed by atoms with Crippen LogP contribution < -0.4 is 32.1 Å². The van der Waals surface area contributed by atoms with E-state index >= 15 is 0 Å². The van der Waals surface area contributed by atoms with Crippen LogP contribution in [-0.2, 0) is 0 Å². The summed E-state index contributed by atoms with van der Waals surface area (Å²) in [6, 6.07) is 8.18. The highest BCUT2D eigenvalue weighted by Crippen LogP contribution is 2.27. The minimum atomic E-state index is -0.0868. The topological polar surface area (TPSA) is 125 Å². The molecule has 1 saturated heterocycles.